The largest absolute Gasteiger partial charge is 0.390 e. The topological polar surface area (TPSA) is 32.6 Å². The van der Waals surface area contributed by atoms with Gasteiger partial charge in [0.05, 0.1) is 19.7 Å². The van der Waals surface area contributed by atoms with Crippen LogP contribution in [0.1, 0.15) is 58.8 Å². The standard InChI is InChI=1S/C17H33N2O/c1-3-5-6-7-8-9-10-11-12-17-18-13-14-19(17,4-2)15-16-20/h5-6,20H,3-4,7-16H2,1-2H3/q+1/b6-5+. The van der Waals surface area contributed by atoms with Crippen LogP contribution in [0, 0.1) is 0 Å². The second-order valence-electron chi connectivity index (χ2n) is 5.76. The summed E-state index contributed by atoms with van der Waals surface area (Å²) in [6.45, 7) is 8.63. The molecule has 0 bridgehead atoms. The summed E-state index contributed by atoms with van der Waals surface area (Å²) in [5.74, 6) is 1.34. The van der Waals surface area contributed by atoms with Gasteiger partial charge in [-0.2, -0.15) is 0 Å². The van der Waals surface area contributed by atoms with Crippen LogP contribution in [-0.2, 0) is 0 Å². The minimum absolute atomic E-state index is 0.274. The van der Waals surface area contributed by atoms with Crippen LogP contribution in [0.2, 0.25) is 0 Å². The number of amidine groups is 1. The molecular formula is C17H33N2O+. The highest BCUT2D eigenvalue weighted by molar-refractivity contribution is 5.76. The van der Waals surface area contributed by atoms with Crippen molar-refractivity contribution >= 4 is 5.84 Å². The zero-order valence-electron chi connectivity index (χ0n) is 13.5. The van der Waals surface area contributed by atoms with Crippen molar-refractivity contribution in [1.82, 2.24) is 0 Å². The lowest BCUT2D eigenvalue weighted by atomic mass is 10.1. The van der Waals surface area contributed by atoms with Crippen LogP contribution in [-0.4, -0.2) is 48.2 Å². The van der Waals surface area contributed by atoms with Crippen molar-refractivity contribution in [2.24, 2.45) is 4.99 Å². The number of hydrogen-bond acceptors (Lipinski definition) is 2. The lowest BCUT2D eigenvalue weighted by Gasteiger charge is -2.33. The Labute approximate surface area is 125 Å². The van der Waals surface area contributed by atoms with E-state index in [1.807, 2.05) is 0 Å². The molecule has 1 N–H and O–H groups in total. The van der Waals surface area contributed by atoms with Crippen molar-refractivity contribution in [3.63, 3.8) is 0 Å². The third kappa shape index (κ3) is 5.37. The van der Waals surface area contributed by atoms with Gasteiger partial charge in [0.2, 0.25) is 0 Å². The molecule has 3 heteroatoms. The predicted octanol–water partition coefficient (Wildman–Crippen LogP) is 3.53. The molecular weight excluding hydrogens is 248 g/mol. The Bertz CT molecular complexity index is 312. The Morgan fingerprint density at radius 3 is 2.65 bits per heavy atom. The first-order valence-corrected chi connectivity index (χ1v) is 8.45. The molecule has 0 aromatic carbocycles. The Kier molecular flexibility index (Phi) is 8.79. The lowest BCUT2D eigenvalue weighted by molar-refractivity contribution is -0.835. The molecule has 0 amide bonds. The molecule has 0 aromatic rings. The van der Waals surface area contributed by atoms with Crippen molar-refractivity contribution in [3.8, 4) is 0 Å². The van der Waals surface area contributed by atoms with Gasteiger partial charge in [-0.05, 0) is 32.6 Å². The maximum absolute atomic E-state index is 9.28. The van der Waals surface area contributed by atoms with Crippen LogP contribution in [0.25, 0.3) is 0 Å². The lowest BCUT2D eigenvalue weighted by Crippen LogP contribution is -2.52. The number of nitrogens with zero attached hydrogens (tertiary/aromatic N) is 2. The van der Waals surface area contributed by atoms with E-state index in [1.165, 1.54) is 37.9 Å². The number of unbranched alkanes of at least 4 members (excludes halogenated alkanes) is 4. The second kappa shape index (κ2) is 10.1. The zero-order chi connectivity index (χ0) is 14.7. The summed E-state index contributed by atoms with van der Waals surface area (Å²) in [5, 5.41) is 9.28. The van der Waals surface area contributed by atoms with Gasteiger partial charge < -0.3 is 5.11 Å². The molecule has 1 aliphatic heterocycles. The fraction of sp³-hybridized carbons (Fsp3) is 0.824. The number of rotatable bonds is 11. The molecule has 1 atom stereocenters. The highest BCUT2D eigenvalue weighted by Gasteiger charge is 2.35. The molecule has 3 nitrogen and oxygen atoms in total. The van der Waals surface area contributed by atoms with E-state index >= 15 is 0 Å². The van der Waals surface area contributed by atoms with Gasteiger partial charge in [-0.15, -0.1) is 0 Å². The highest BCUT2D eigenvalue weighted by atomic mass is 16.3. The van der Waals surface area contributed by atoms with Gasteiger partial charge in [0.25, 0.3) is 0 Å². The van der Waals surface area contributed by atoms with Crippen LogP contribution in [0.3, 0.4) is 0 Å². The summed E-state index contributed by atoms with van der Waals surface area (Å²) in [6, 6.07) is 0. The maximum atomic E-state index is 9.28. The maximum Gasteiger partial charge on any atom is 0.198 e. The van der Waals surface area contributed by atoms with Crippen LogP contribution in [0.15, 0.2) is 17.1 Å². The van der Waals surface area contributed by atoms with Gasteiger partial charge >= 0.3 is 0 Å². The predicted molar refractivity (Wildman–Crippen MR) is 87.1 cm³/mol. The molecule has 0 saturated heterocycles. The molecule has 0 aliphatic carbocycles. The second-order valence-corrected chi connectivity index (χ2v) is 5.76. The first-order chi connectivity index (χ1) is 9.79. The van der Waals surface area contributed by atoms with Gasteiger partial charge in [-0.1, -0.05) is 31.9 Å². The summed E-state index contributed by atoms with van der Waals surface area (Å²) in [5.41, 5.74) is 0. The van der Waals surface area contributed by atoms with Crippen molar-refractivity contribution < 1.29 is 9.59 Å². The number of allylic oxidation sites excluding steroid dienone is 2. The van der Waals surface area contributed by atoms with E-state index in [4.69, 9.17) is 4.99 Å². The third-order valence-electron chi connectivity index (χ3n) is 4.43. The fourth-order valence-corrected chi connectivity index (χ4v) is 3.08. The molecule has 1 aliphatic rings. The molecule has 0 radical (unpaired) electrons. The van der Waals surface area contributed by atoms with Crippen LogP contribution < -0.4 is 0 Å². The number of aliphatic imine (C=N–C) groups is 1. The molecule has 0 spiro atoms. The fourth-order valence-electron chi connectivity index (χ4n) is 3.08. The molecule has 0 saturated carbocycles. The minimum atomic E-state index is 0.274. The van der Waals surface area contributed by atoms with Gasteiger partial charge in [0.1, 0.15) is 13.1 Å². The quantitative estimate of drug-likeness (QED) is 0.351. The minimum Gasteiger partial charge on any atom is -0.390 e. The van der Waals surface area contributed by atoms with E-state index in [0.29, 0.717) is 0 Å². The molecule has 20 heavy (non-hydrogen) atoms. The number of hydrogen-bond donors (Lipinski definition) is 1. The first-order valence-electron chi connectivity index (χ1n) is 8.45. The molecule has 0 aromatic heterocycles. The Morgan fingerprint density at radius 1 is 1.15 bits per heavy atom. The first kappa shape index (κ1) is 17.4. The van der Waals surface area contributed by atoms with E-state index < -0.39 is 0 Å². The average Bonchev–Trinajstić information content (AvgIpc) is 2.86. The molecule has 1 unspecified atom stereocenters. The summed E-state index contributed by atoms with van der Waals surface area (Å²) in [6.07, 6.45) is 13.3. The zero-order valence-corrected chi connectivity index (χ0v) is 13.5. The number of aliphatic hydroxyl groups is 1. The number of likely N-dealkylation sites (N-methyl/N-ethyl adjacent to an activating group) is 1. The Hall–Kier alpha value is -0.670. The van der Waals surface area contributed by atoms with E-state index in [9.17, 15) is 5.11 Å². The van der Waals surface area contributed by atoms with Crippen molar-refractivity contribution in [1.29, 1.82) is 0 Å². The van der Waals surface area contributed by atoms with Crippen molar-refractivity contribution in [3.05, 3.63) is 12.2 Å². The van der Waals surface area contributed by atoms with E-state index in [-0.39, 0.29) is 6.61 Å². The monoisotopic (exact) mass is 281 g/mol. The summed E-state index contributed by atoms with van der Waals surface area (Å²) >= 11 is 0. The highest BCUT2D eigenvalue weighted by Crippen LogP contribution is 2.19. The smallest absolute Gasteiger partial charge is 0.198 e. The number of aliphatic hydroxyl groups excluding tert-OH is 1. The Balaban J connectivity index is 2.19. The van der Waals surface area contributed by atoms with E-state index in [1.54, 1.807) is 0 Å². The molecule has 116 valence electrons. The van der Waals surface area contributed by atoms with Gasteiger partial charge in [-0.3, -0.25) is 4.48 Å². The Morgan fingerprint density at radius 2 is 1.95 bits per heavy atom. The molecule has 1 heterocycles. The van der Waals surface area contributed by atoms with Crippen LogP contribution in [0.4, 0.5) is 0 Å². The normalized spacial score (nSPS) is 22.6. The van der Waals surface area contributed by atoms with E-state index in [0.717, 1.165) is 43.5 Å². The van der Waals surface area contributed by atoms with Crippen molar-refractivity contribution in [2.45, 2.75) is 58.8 Å². The summed E-state index contributed by atoms with van der Waals surface area (Å²) in [7, 11) is 0. The van der Waals surface area contributed by atoms with E-state index in [2.05, 4.69) is 26.0 Å². The van der Waals surface area contributed by atoms with Gasteiger partial charge in [-0.25, -0.2) is 4.99 Å². The molecule has 0 fully saturated rings. The third-order valence-corrected chi connectivity index (χ3v) is 4.43. The van der Waals surface area contributed by atoms with Crippen LogP contribution in [0.5, 0.6) is 0 Å². The SMILES string of the molecule is CC/C=C/CCCCCCC1=NCC[N+]1(CC)CCO. The van der Waals surface area contributed by atoms with Crippen molar-refractivity contribution in [2.75, 3.05) is 32.8 Å². The molecule has 1 rings (SSSR count). The van der Waals surface area contributed by atoms with Crippen LogP contribution >= 0.6 is 0 Å². The summed E-state index contributed by atoms with van der Waals surface area (Å²) in [4.78, 5) is 4.70. The van der Waals surface area contributed by atoms with Gasteiger partial charge in [0.15, 0.2) is 5.84 Å². The summed E-state index contributed by atoms with van der Waals surface area (Å²) < 4.78 is 0.940. The number of quaternary nitrogens is 1. The average molecular weight is 281 g/mol. The van der Waals surface area contributed by atoms with Gasteiger partial charge in [0, 0.05) is 6.42 Å².